The van der Waals surface area contributed by atoms with Gasteiger partial charge in [-0.15, -0.1) is 0 Å². The lowest BCUT2D eigenvalue weighted by Gasteiger charge is -2.12. The molecule has 0 amide bonds. The Kier molecular flexibility index (Phi) is 3.30. The van der Waals surface area contributed by atoms with Crippen LogP contribution < -0.4 is 10.6 Å². The molecule has 1 heterocycles. The highest BCUT2D eigenvalue weighted by atomic mass is 16.0. The second-order valence-corrected chi connectivity index (χ2v) is 3.55. The fraction of sp³-hybridized carbons (Fsp3) is 0.500. The molecule has 2 rings (SSSR count). The number of aromatic nitrogens is 1. The maximum Gasteiger partial charge on any atom is 0.0762 e. The molecule has 0 saturated heterocycles. The van der Waals surface area contributed by atoms with Crippen LogP contribution in [-0.4, -0.2) is 23.5 Å². The van der Waals surface area contributed by atoms with Gasteiger partial charge < -0.3 is 16.1 Å². The summed E-state index contributed by atoms with van der Waals surface area (Å²) in [7, 11) is 1.93. The summed E-state index contributed by atoms with van der Waals surface area (Å²) in [5, 5.41) is 6.65. The first kappa shape index (κ1) is 10.8. The number of hydrogen-bond donors (Lipinski definition) is 2. The van der Waals surface area contributed by atoms with Gasteiger partial charge in [0, 0.05) is 20.7 Å². The average molecular weight is 197 g/mol. The Hall–Kier alpha value is -1.29. The van der Waals surface area contributed by atoms with Gasteiger partial charge in [0.05, 0.1) is 17.6 Å². The summed E-state index contributed by atoms with van der Waals surface area (Å²) in [6, 6.07) is 0.688. The molecule has 4 nitrogen and oxygen atoms in total. The van der Waals surface area contributed by atoms with E-state index in [1.807, 2.05) is 19.4 Å². The van der Waals surface area contributed by atoms with E-state index in [0.717, 1.165) is 5.69 Å². The van der Waals surface area contributed by atoms with Crippen molar-refractivity contribution in [3.05, 3.63) is 18.0 Å². The van der Waals surface area contributed by atoms with Gasteiger partial charge in [0.25, 0.3) is 0 Å². The van der Waals surface area contributed by atoms with Gasteiger partial charge in [0.2, 0.25) is 0 Å². The third kappa shape index (κ3) is 2.14. The fourth-order valence-electron chi connectivity index (χ4n) is 1.38. The first-order valence-electron chi connectivity index (χ1n) is 4.70. The van der Waals surface area contributed by atoms with Crippen LogP contribution >= 0.6 is 0 Å². The van der Waals surface area contributed by atoms with Gasteiger partial charge in [0.15, 0.2) is 0 Å². The van der Waals surface area contributed by atoms with E-state index in [2.05, 4.69) is 22.5 Å². The molecule has 1 aromatic heterocycles. The third-order valence-corrected chi connectivity index (χ3v) is 2.33. The molecule has 4 heteroatoms. The molecule has 0 radical (unpaired) electrons. The van der Waals surface area contributed by atoms with Crippen molar-refractivity contribution in [2.45, 2.75) is 25.8 Å². The highest BCUT2D eigenvalue weighted by Crippen LogP contribution is 2.30. The average Bonchev–Trinajstić information content (AvgIpc) is 2.92. The molecule has 0 spiro atoms. The predicted molar refractivity (Wildman–Crippen MR) is 60.9 cm³/mol. The molecule has 1 aromatic rings. The van der Waals surface area contributed by atoms with Crippen LogP contribution in [0.25, 0.3) is 0 Å². The van der Waals surface area contributed by atoms with Crippen LogP contribution in [0.4, 0.5) is 11.4 Å². The second kappa shape index (κ2) is 4.28. The molecule has 0 unspecified atom stereocenters. The number of anilines is 2. The van der Waals surface area contributed by atoms with Crippen LogP contribution in [0.2, 0.25) is 0 Å². The van der Waals surface area contributed by atoms with Gasteiger partial charge in [-0.05, 0) is 25.3 Å². The maximum absolute atomic E-state index is 4.14. The lowest BCUT2D eigenvalue weighted by Crippen LogP contribution is -2.06. The molecular formula is C10H19N3O. The van der Waals surface area contributed by atoms with Crippen LogP contribution in [0, 0.1) is 6.92 Å². The highest BCUT2D eigenvalue weighted by molar-refractivity contribution is 5.71. The SMILES string of the molecule is CNc1cncc(C)c1NC1CC1.O.[HH]. The van der Waals surface area contributed by atoms with E-state index in [0.29, 0.717) is 6.04 Å². The van der Waals surface area contributed by atoms with Gasteiger partial charge >= 0.3 is 0 Å². The summed E-state index contributed by atoms with van der Waals surface area (Å²) < 4.78 is 0. The summed E-state index contributed by atoms with van der Waals surface area (Å²) in [6.45, 7) is 2.08. The number of nitrogens with one attached hydrogen (secondary N) is 2. The van der Waals surface area contributed by atoms with Gasteiger partial charge in [0.1, 0.15) is 0 Å². The first-order valence-corrected chi connectivity index (χ1v) is 4.70. The number of aryl methyl sites for hydroxylation is 1. The molecule has 0 aromatic carbocycles. The van der Waals surface area contributed by atoms with E-state index in [-0.39, 0.29) is 6.90 Å². The molecule has 1 saturated carbocycles. The normalized spacial score (nSPS) is 14.4. The summed E-state index contributed by atoms with van der Waals surface area (Å²) >= 11 is 0. The molecule has 1 fully saturated rings. The Morgan fingerprint density at radius 1 is 1.43 bits per heavy atom. The standard InChI is InChI=1S/C10H15N3.H2O.H2/c1-7-5-12-6-9(11-2)10(7)13-8-3-4-8;;/h5-6,8,11H,3-4H2,1-2H3,(H,12,13);1H2;1H. The van der Waals surface area contributed by atoms with E-state index in [4.69, 9.17) is 0 Å². The van der Waals surface area contributed by atoms with Crippen LogP contribution in [0.5, 0.6) is 0 Å². The van der Waals surface area contributed by atoms with Crippen molar-refractivity contribution in [3.8, 4) is 0 Å². The van der Waals surface area contributed by atoms with Crippen LogP contribution in [-0.2, 0) is 0 Å². The van der Waals surface area contributed by atoms with Crippen LogP contribution in [0.3, 0.4) is 0 Å². The second-order valence-electron chi connectivity index (χ2n) is 3.55. The molecule has 0 bridgehead atoms. The molecule has 0 atom stereocenters. The summed E-state index contributed by atoms with van der Waals surface area (Å²) in [5.74, 6) is 0. The minimum atomic E-state index is 0. The van der Waals surface area contributed by atoms with Crippen molar-refractivity contribution >= 4 is 11.4 Å². The minimum absolute atomic E-state index is 0. The van der Waals surface area contributed by atoms with Gasteiger partial charge in [-0.25, -0.2) is 0 Å². The Morgan fingerprint density at radius 2 is 2.14 bits per heavy atom. The summed E-state index contributed by atoms with van der Waals surface area (Å²) in [6.07, 6.45) is 6.35. The number of rotatable bonds is 3. The monoisotopic (exact) mass is 197 g/mol. The lowest BCUT2D eigenvalue weighted by atomic mass is 10.2. The Labute approximate surface area is 85.5 Å². The zero-order chi connectivity index (χ0) is 9.26. The summed E-state index contributed by atoms with van der Waals surface area (Å²) in [5.41, 5.74) is 3.51. The van der Waals surface area contributed by atoms with Crippen molar-refractivity contribution in [2.75, 3.05) is 17.7 Å². The molecule has 0 aliphatic heterocycles. The molecule has 1 aliphatic carbocycles. The summed E-state index contributed by atoms with van der Waals surface area (Å²) in [4.78, 5) is 4.14. The maximum atomic E-state index is 4.14. The zero-order valence-corrected chi connectivity index (χ0v) is 8.59. The van der Waals surface area contributed by atoms with Crippen molar-refractivity contribution in [2.24, 2.45) is 0 Å². The van der Waals surface area contributed by atoms with E-state index in [9.17, 15) is 0 Å². The van der Waals surface area contributed by atoms with E-state index in [1.165, 1.54) is 24.1 Å². The van der Waals surface area contributed by atoms with Crippen molar-refractivity contribution in [1.82, 2.24) is 4.98 Å². The van der Waals surface area contributed by atoms with E-state index >= 15 is 0 Å². The third-order valence-electron chi connectivity index (χ3n) is 2.33. The van der Waals surface area contributed by atoms with Gasteiger partial charge in [-0.1, -0.05) is 0 Å². The molecule has 4 N–H and O–H groups in total. The molecule has 14 heavy (non-hydrogen) atoms. The smallest absolute Gasteiger partial charge is 0.0762 e. The van der Waals surface area contributed by atoms with Gasteiger partial charge in [-0.3, -0.25) is 4.98 Å². The Bertz CT molecular complexity index is 316. The lowest BCUT2D eigenvalue weighted by molar-refractivity contribution is 0.824. The fourth-order valence-corrected chi connectivity index (χ4v) is 1.38. The van der Waals surface area contributed by atoms with E-state index in [1.54, 1.807) is 0 Å². The number of pyridine rings is 1. The topological polar surface area (TPSA) is 68.5 Å². The highest BCUT2D eigenvalue weighted by Gasteiger charge is 2.22. The predicted octanol–water partition coefficient (Wildman–Crippen LogP) is 1.43. The van der Waals surface area contributed by atoms with Crippen LogP contribution in [0.1, 0.15) is 19.8 Å². The largest absolute Gasteiger partial charge is 0.412 e. The minimum Gasteiger partial charge on any atom is -0.412 e. The van der Waals surface area contributed by atoms with Crippen molar-refractivity contribution in [3.63, 3.8) is 0 Å². The number of hydrogen-bond acceptors (Lipinski definition) is 3. The first-order chi connectivity index (χ1) is 6.31. The zero-order valence-electron chi connectivity index (χ0n) is 8.59. The molecule has 1 aliphatic rings. The Morgan fingerprint density at radius 3 is 2.71 bits per heavy atom. The molecule has 80 valence electrons. The number of nitrogens with zero attached hydrogens (tertiary/aromatic N) is 1. The van der Waals surface area contributed by atoms with Crippen molar-refractivity contribution in [1.29, 1.82) is 0 Å². The van der Waals surface area contributed by atoms with E-state index < -0.39 is 0 Å². The van der Waals surface area contributed by atoms with Gasteiger partial charge in [-0.2, -0.15) is 0 Å². The molecular weight excluding hydrogens is 178 g/mol. The quantitative estimate of drug-likeness (QED) is 0.770. The van der Waals surface area contributed by atoms with Crippen molar-refractivity contribution < 1.29 is 6.90 Å². The van der Waals surface area contributed by atoms with Crippen LogP contribution in [0.15, 0.2) is 12.4 Å². The Balaban J connectivity index is 0.000000980.